The van der Waals surface area contributed by atoms with Gasteiger partial charge in [0.2, 0.25) is 0 Å². The van der Waals surface area contributed by atoms with E-state index in [1.807, 2.05) is 25.1 Å². The summed E-state index contributed by atoms with van der Waals surface area (Å²) in [6, 6.07) is 10.3. The molecule has 3 N–H and O–H groups in total. The average Bonchev–Trinajstić information content (AvgIpc) is 2.66. The van der Waals surface area contributed by atoms with E-state index >= 15 is 0 Å². The van der Waals surface area contributed by atoms with Gasteiger partial charge in [-0.05, 0) is 54.5 Å². The number of ether oxygens (including phenoxy) is 1. The number of hydrogen-bond acceptors (Lipinski definition) is 5. The minimum Gasteiger partial charge on any atom is -0.481 e. The Morgan fingerprint density at radius 1 is 1.13 bits per heavy atom. The number of hydrogen-bond donors (Lipinski definition) is 3. The van der Waals surface area contributed by atoms with Gasteiger partial charge in [0.1, 0.15) is 5.57 Å². The summed E-state index contributed by atoms with van der Waals surface area (Å²) < 4.78 is 5.47. The molecule has 3 rings (SSSR count). The van der Waals surface area contributed by atoms with Crippen LogP contribution < -0.4 is 20.7 Å². The summed E-state index contributed by atoms with van der Waals surface area (Å²) in [5.74, 6) is -1.54. The van der Waals surface area contributed by atoms with Gasteiger partial charge in [-0.15, -0.1) is 0 Å². The van der Waals surface area contributed by atoms with Crippen molar-refractivity contribution in [3.63, 3.8) is 0 Å². The first-order chi connectivity index (χ1) is 14.2. The molecule has 10 heteroatoms. The van der Waals surface area contributed by atoms with E-state index < -0.39 is 11.8 Å². The lowest BCUT2D eigenvalue weighted by Gasteiger charge is -2.16. The molecular weight excluding hydrogens is 449 g/mol. The highest BCUT2D eigenvalue weighted by Crippen LogP contribution is 2.35. The molecule has 0 aliphatic carbocycles. The highest BCUT2D eigenvalue weighted by atomic mass is 35.5. The molecule has 1 saturated heterocycles. The van der Waals surface area contributed by atoms with E-state index in [0.29, 0.717) is 11.3 Å². The standard InChI is InChI=1S/C20H15Cl2N3O4S/c1-10-4-2-3-5-15(10)23-16(26)9-29-17-13(21)7-11(8-14(17)22)6-12-18(27)24-20(30)25-19(12)28/h2-8H,9H2,1H3,(H,23,26)(H2,24,25,27,28,30). The van der Waals surface area contributed by atoms with E-state index in [-0.39, 0.29) is 39.0 Å². The highest BCUT2D eigenvalue weighted by Gasteiger charge is 2.26. The fraction of sp³-hybridized carbons (Fsp3) is 0.100. The summed E-state index contributed by atoms with van der Waals surface area (Å²) in [6.45, 7) is 1.56. The van der Waals surface area contributed by atoms with Crippen molar-refractivity contribution in [3.8, 4) is 5.75 Å². The van der Waals surface area contributed by atoms with Crippen LogP contribution in [-0.4, -0.2) is 29.4 Å². The maximum absolute atomic E-state index is 12.2. The minimum absolute atomic E-state index is 0.0639. The summed E-state index contributed by atoms with van der Waals surface area (Å²) in [4.78, 5) is 36.0. The Kier molecular flexibility index (Phi) is 6.71. The van der Waals surface area contributed by atoms with Crippen LogP contribution in [0.3, 0.4) is 0 Å². The number of carbonyl (C=O) groups excluding carboxylic acids is 3. The Balaban J connectivity index is 1.72. The maximum atomic E-state index is 12.2. The fourth-order valence-electron chi connectivity index (χ4n) is 2.61. The Bertz CT molecular complexity index is 1060. The van der Waals surface area contributed by atoms with E-state index in [1.165, 1.54) is 18.2 Å². The zero-order valence-electron chi connectivity index (χ0n) is 15.5. The first-order valence-corrected chi connectivity index (χ1v) is 9.76. The quantitative estimate of drug-likeness (QED) is 0.359. The molecule has 3 amide bonds. The lowest BCUT2D eigenvalue weighted by atomic mass is 10.1. The molecule has 154 valence electrons. The predicted octanol–water partition coefficient (Wildman–Crippen LogP) is 3.23. The first-order valence-electron chi connectivity index (χ1n) is 8.60. The number of rotatable bonds is 5. The number of amides is 3. The Morgan fingerprint density at radius 2 is 1.73 bits per heavy atom. The van der Waals surface area contributed by atoms with Crippen molar-refractivity contribution in [2.75, 3.05) is 11.9 Å². The van der Waals surface area contributed by atoms with Gasteiger partial charge in [-0.1, -0.05) is 41.4 Å². The molecule has 1 fully saturated rings. The second kappa shape index (κ2) is 9.25. The van der Waals surface area contributed by atoms with Crippen molar-refractivity contribution in [2.45, 2.75) is 6.92 Å². The SMILES string of the molecule is Cc1ccccc1NC(=O)COc1c(Cl)cc(C=C2C(=O)NC(=S)NC2=O)cc1Cl. The summed E-state index contributed by atoms with van der Waals surface area (Å²) in [6.07, 6.45) is 1.32. The zero-order chi connectivity index (χ0) is 21.8. The van der Waals surface area contributed by atoms with Crippen LogP contribution in [0.5, 0.6) is 5.75 Å². The number of carbonyl (C=O) groups is 3. The smallest absolute Gasteiger partial charge is 0.263 e. The van der Waals surface area contributed by atoms with E-state index in [1.54, 1.807) is 6.07 Å². The molecule has 1 heterocycles. The molecule has 7 nitrogen and oxygen atoms in total. The van der Waals surface area contributed by atoms with Gasteiger partial charge in [0.05, 0.1) is 10.0 Å². The van der Waals surface area contributed by atoms with E-state index in [0.717, 1.165) is 5.56 Å². The van der Waals surface area contributed by atoms with Crippen molar-refractivity contribution in [1.82, 2.24) is 10.6 Å². The van der Waals surface area contributed by atoms with Crippen molar-refractivity contribution in [1.29, 1.82) is 0 Å². The molecule has 0 saturated carbocycles. The molecule has 0 atom stereocenters. The largest absolute Gasteiger partial charge is 0.481 e. The van der Waals surface area contributed by atoms with Crippen molar-refractivity contribution < 1.29 is 19.1 Å². The third-order valence-corrected chi connectivity index (χ3v) is 4.81. The van der Waals surface area contributed by atoms with Gasteiger partial charge in [-0.2, -0.15) is 0 Å². The lowest BCUT2D eigenvalue weighted by Crippen LogP contribution is -2.51. The number of benzene rings is 2. The van der Waals surface area contributed by atoms with Crippen LogP contribution in [0.4, 0.5) is 5.69 Å². The Morgan fingerprint density at radius 3 is 2.33 bits per heavy atom. The number of thiocarbonyl (C=S) groups is 1. The zero-order valence-corrected chi connectivity index (χ0v) is 17.9. The molecule has 2 aromatic carbocycles. The van der Waals surface area contributed by atoms with Crippen LogP contribution in [0.2, 0.25) is 10.0 Å². The molecule has 0 aromatic heterocycles. The van der Waals surface area contributed by atoms with Crippen LogP contribution in [0.1, 0.15) is 11.1 Å². The van der Waals surface area contributed by atoms with Crippen LogP contribution in [-0.2, 0) is 14.4 Å². The minimum atomic E-state index is -0.635. The molecule has 0 radical (unpaired) electrons. The predicted molar refractivity (Wildman–Crippen MR) is 119 cm³/mol. The molecular formula is C20H15Cl2N3O4S. The van der Waals surface area contributed by atoms with Crippen molar-refractivity contribution in [2.24, 2.45) is 0 Å². The number of halogens is 2. The lowest BCUT2D eigenvalue weighted by molar-refractivity contribution is -0.123. The number of para-hydroxylation sites is 1. The van der Waals surface area contributed by atoms with Crippen LogP contribution in [0, 0.1) is 6.92 Å². The average molecular weight is 464 g/mol. The Hall–Kier alpha value is -2.94. The second-order valence-corrected chi connectivity index (χ2v) is 7.48. The molecule has 30 heavy (non-hydrogen) atoms. The second-order valence-electron chi connectivity index (χ2n) is 6.26. The topological polar surface area (TPSA) is 96.5 Å². The van der Waals surface area contributed by atoms with Crippen molar-refractivity contribution in [3.05, 3.63) is 63.1 Å². The number of nitrogens with one attached hydrogen (secondary N) is 3. The van der Waals surface area contributed by atoms with Gasteiger partial charge in [0.15, 0.2) is 17.5 Å². The van der Waals surface area contributed by atoms with E-state index in [4.69, 9.17) is 40.2 Å². The summed E-state index contributed by atoms with van der Waals surface area (Å²) in [5.41, 5.74) is 1.83. The highest BCUT2D eigenvalue weighted by molar-refractivity contribution is 7.80. The van der Waals surface area contributed by atoms with Gasteiger partial charge in [0.25, 0.3) is 17.7 Å². The van der Waals surface area contributed by atoms with Gasteiger partial charge in [-0.3, -0.25) is 25.0 Å². The van der Waals surface area contributed by atoms with E-state index in [9.17, 15) is 14.4 Å². The summed E-state index contributed by atoms with van der Waals surface area (Å²) in [7, 11) is 0. The maximum Gasteiger partial charge on any atom is 0.263 e. The van der Waals surface area contributed by atoms with Gasteiger partial charge in [-0.25, -0.2) is 0 Å². The normalized spacial score (nSPS) is 13.4. The molecule has 0 spiro atoms. The fourth-order valence-corrected chi connectivity index (χ4v) is 3.41. The molecule has 0 bridgehead atoms. The first kappa shape index (κ1) is 21.8. The number of anilines is 1. The third kappa shape index (κ3) is 5.15. The van der Waals surface area contributed by atoms with Crippen LogP contribution in [0.25, 0.3) is 6.08 Å². The summed E-state index contributed by atoms with van der Waals surface area (Å²) in [5, 5.41) is 7.58. The molecule has 1 aliphatic rings. The van der Waals surface area contributed by atoms with Crippen LogP contribution >= 0.6 is 35.4 Å². The van der Waals surface area contributed by atoms with E-state index in [2.05, 4.69) is 16.0 Å². The summed E-state index contributed by atoms with van der Waals surface area (Å²) >= 11 is 17.2. The molecule has 2 aromatic rings. The van der Waals surface area contributed by atoms with Gasteiger partial charge >= 0.3 is 0 Å². The third-order valence-electron chi connectivity index (χ3n) is 4.04. The van der Waals surface area contributed by atoms with Gasteiger partial charge < -0.3 is 10.1 Å². The molecule has 0 unspecified atom stereocenters. The molecule has 1 aliphatic heterocycles. The monoisotopic (exact) mass is 463 g/mol. The van der Waals surface area contributed by atoms with Gasteiger partial charge in [0, 0.05) is 5.69 Å². The van der Waals surface area contributed by atoms with Crippen LogP contribution in [0.15, 0.2) is 42.0 Å². The number of aryl methyl sites for hydroxylation is 1. The Labute approximate surface area is 187 Å². The van der Waals surface area contributed by atoms with Crippen molar-refractivity contribution >= 4 is 70.0 Å².